The number of para-hydroxylation sites is 1. The van der Waals surface area contributed by atoms with Crippen LogP contribution < -0.4 is 10.1 Å². The van der Waals surface area contributed by atoms with Gasteiger partial charge in [-0.05, 0) is 36.6 Å². The van der Waals surface area contributed by atoms with Crippen LogP contribution in [0.15, 0.2) is 72.1 Å². The molecule has 0 aliphatic carbocycles. The molecule has 1 aromatic heterocycles. The SMILES string of the molecule is COc1ccccc1C=CCN(CCN1CCN(C(=O)Nc2ccc(C)cc2)CC1)C(=O)c1cccs1. The molecule has 0 spiro atoms. The van der Waals surface area contributed by atoms with Crippen LogP contribution in [0.5, 0.6) is 5.75 Å². The van der Waals surface area contributed by atoms with Gasteiger partial charge < -0.3 is 19.9 Å². The Morgan fingerprint density at radius 2 is 1.78 bits per heavy atom. The lowest BCUT2D eigenvalue weighted by Crippen LogP contribution is -2.51. The van der Waals surface area contributed by atoms with Crippen molar-refractivity contribution in [3.05, 3.63) is 88.1 Å². The van der Waals surface area contributed by atoms with Gasteiger partial charge in [0.2, 0.25) is 0 Å². The van der Waals surface area contributed by atoms with Crippen LogP contribution in [0.25, 0.3) is 6.08 Å². The Balaban J connectivity index is 1.30. The Bertz CT molecular complexity index is 1190. The number of carbonyl (C=O) groups excluding carboxylic acids is 2. The zero-order chi connectivity index (χ0) is 26.0. The molecule has 1 saturated heterocycles. The molecule has 1 aliphatic rings. The lowest BCUT2D eigenvalue weighted by atomic mass is 10.2. The van der Waals surface area contributed by atoms with Crippen LogP contribution in [0, 0.1) is 6.92 Å². The van der Waals surface area contributed by atoms with Gasteiger partial charge in [0.05, 0.1) is 12.0 Å². The van der Waals surface area contributed by atoms with E-state index < -0.39 is 0 Å². The number of hydrogen-bond acceptors (Lipinski definition) is 5. The summed E-state index contributed by atoms with van der Waals surface area (Å²) in [5.41, 5.74) is 2.95. The Kier molecular flexibility index (Phi) is 9.35. The lowest BCUT2D eigenvalue weighted by molar-refractivity contribution is 0.0744. The van der Waals surface area contributed by atoms with Crippen molar-refractivity contribution < 1.29 is 14.3 Å². The number of carbonyl (C=O) groups is 2. The van der Waals surface area contributed by atoms with Crippen LogP contribution in [0.4, 0.5) is 10.5 Å². The van der Waals surface area contributed by atoms with Gasteiger partial charge in [0.25, 0.3) is 5.91 Å². The Morgan fingerprint density at radius 1 is 1.03 bits per heavy atom. The minimum Gasteiger partial charge on any atom is -0.496 e. The first kappa shape index (κ1) is 26.4. The van der Waals surface area contributed by atoms with E-state index in [4.69, 9.17) is 4.74 Å². The maximum Gasteiger partial charge on any atom is 0.321 e. The third-order valence-electron chi connectivity index (χ3n) is 6.43. The minimum atomic E-state index is -0.0699. The van der Waals surface area contributed by atoms with Crippen LogP contribution in [-0.4, -0.2) is 79.6 Å². The molecule has 1 aliphatic heterocycles. The van der Waals surface area contributed by atoms with E-state index in [0.29, 0.717) is 26.2 Å². The summed E-state index contributed by atoms with van der Waals surface area (Å²) in [5.74, 6) is 0.843. The molecule has 1 N–H and O–H groups in total. The van der Waals surface area contributed by atoms with Gasteiger partial charge in [0, 0.05) is 57.1 Å². The van der Waals surface area contributed by atoms with E-state index in [1.54, 1.807) is 7.11 Å². The van der Waals surface area contributed by atoms with Crippen LogP contribution >= 0.6 is 11.3 Å². The second-order valence-corrected chi connectivity index (χ2v) is 9.95. The molecule has 4 rings (SSSR count). The van der Waals surface area contributed by atoms with Gasteiger partial charge in [0.15, 0.2) is 0 Å². The van der Waals surface area contributed by atoms with Gasteiger partial charge in [-0.25, -0.2) is 4.79 Å². The molecule has 7 nitrogen and oxygen atoms in total. The maximum absolute atomic E-state index is 13.2. The van der Waals surface area contributed by atoms with Gasteiger partial charge in [-0.2, -0.15) is 0 Å². The molecule has 0 atom stereocenters. The molecule has 0 unspecified atom stereocenters. The number of anilines is 1. The van der Waals surface area contributed by atoms with E-state index >= 15 is 0 Å². The lowest BCUT2D eigenvalue weighted by Gasteiger charge is -2.35. The molecular formula is C29H34N4O3S. The molecule has 0 saturated carbocycles. The number of rotatable bonds is 9. The van der Waals surface area contributed by atoms with Gasteiger partial charge in [0.1, 0.15) is 5.75 Å². The highest BCUT2D eigenvalue weighted by Crippen LogP contribution is 2.19. The first-order chi connectivity index (χ1) is 18.0. The van der Waals surface area contributed by atoms with Crippen molar-refractivity contribution in [2.45, 2.75) is 6.92 Å². The number of nitrogens with zero attached hydrogens (tertiary/aromatic N) is 3. The predicted octanol–water partition coefficient (Wildman–Crippen LogP) is 5.07. The van der Waals surface area contributed by atoms with Crippen LogP contribution in [0.2, 0.25) is 0 Å². The highest BCUT2D eigenvalue weighted by molar-refractivity contribution is 7.12. The summed E-state index contributed by atoms with van der Waals surface area (Å²) in [6, 6.07) is 19.4. The number of nitrogens with one attached hydrogen (secondary N) is 1. The second-order valence-electron chi connectivity index (χ2n) is 9.00. The highest BCUT2D eigenvalue weighted by atomic mass is 32.1. The van der Waals surface area contributed by atoms with E-state index in [2.05, 4.69) is 10.2 Å². The van der Waals surface area contributed by atoms with E-state index in [-0.39, 0.29) is 11.9 Å². The number of ether oxygens (including phenoxy) is 1. The smallest absolute Gasteiger partial charge is 0.321 e. The number of methoxy groups -OCH3 is 1. The van der Waals surface area contributed by atoms with Crippen molar-refractivity contribution in [2.75, 3.05) is 58.2 Å². The third-order valence-corrected chi connectivity index (χ3v) is 7.29. The monoisotopic (exact) mass is 518 g/mol. The molecule has 0 bridgehead atoms. The highest BCUT2D eigenvalue weighted by Gasteiger charge is 2.23. The number of piperazine rings is 1. The topological polar surface area (TPSA) is 65.1 Å². The van der Waals surface area contributed by atoms with Gasteiger partial charge in [-0.3, -0.25) is 9.69 Å². The summed E-state index contributed by atoms with van der Waals surface area (Å²) in [4.78, 5) is 32.6. The van der Waals surface area contributed by atoms with Crippen LogP contribution in [-0.2, 0) is 0 Å². The molecule has 2 heterocycles. The molecule has 194 valence electrons. The van der Waals surface area contributed by atoms with Crippen molar-refractivity contribution in [2.24, 2.45) is 0 Å². The minimum absolute atomic E-state index is 0.0378. The average molecular weight is 519 g/mol. The number of urea groups is 1. The predicted molar refractivity (Wildman–Crippen MR) is 150 cm³/mol. The molecule has 3 aromatic rings. The average Bonchev–Trinajstić information content (AvgIpc) is 3.47. The van der Waals surface area contributed by atoms with E-state index in [0.717, 1.165) is 47.1 Å². The maximum atomic E-state index is 13.2. The Hall–Kier alpha value is -3.62. The zero-order valence-corrected chi connectivity index (χ0v) is 22.2. The normalized spacial score (nSPS) is 14.1. The van der Waals surface area contributed by atoms with Crippen molar-refractivity contribution in [1.82, 2.24) is 14.7 Å². The van der Waals surface area contributed by atoms with E-state index in [1.807, 2.05) is 94.9 Å². The summed E-state index contributed by atoms with van der Waals surface area (Å²) < 4.78 is 5.43. The van der Waals surface area contributed by atoms with E-state index in [9.17, 15) is 9.59 Å². The number of amides is 3. The number of benzene rings is 2. The first-order valence-electron chi connectivity index (χ1n) is 12.5. The number of hydrogen-bond donors (Lipinski definition) is 1. The summed E-state index contributed by atoms with van der Waals surface area (Å²) >= 11 is 1.46. The van der Waals surface area contributed by atoms with Gasteiger partial charge in [-0.15, -0.1) is 11.3 Å². The Labute approximate surface area is 223 Å². The molecule has 37 heavy (non-hydrogen) atoms. The van der Waals surface area contributed by atoms with Crippen molar-refractivity contribution in [1.29, 1.82) is 0 Å². The summed E-state index contributed by atoms with van der Waals surface area (Å²) in [7, 11) is 1.66. The van der Waals surface area contributed by atoms with E-state index in [1.165, 1.54) is 11.3 Å². The molecular weight excluding hydrogens is 484 g/mol. The Morgan fingerprint density at radius 3 is 2.49 bits per heavy atom. The molecule has 0 radical (unpaired) electrons. The van der Waals surface area contributed by atoms with Crippen LogP contribution in [0.3, 0.4) is 0 Å². The van der Waals surface area contributed by atoms with Gasteiger partial charge >= 0.3 is 6.03 Å². The summed E-state index contributed by atoms with van der Waals surface area (Å²) in [6.07, 6.45) is 4.01. The second kappa shape index (κ2) is 13.1. The third kappa shape index (κ3) is 7.44. The van der Waals surface area contributed by atoms with Crippen molar-refractivity contribution in [3.8, 4) is 5.75 Å². The molecule has 3 amide bonds. The van der Waals surface area contributed by atoms with Crippen molar-refractivity contribution >= 4 is 35.0 Å². The quantitative estimate of drug-likeness (QED) is 0.430. The molecule has 8 heteroatoms. The summed E-state index contributed by atoms with van der Waals surface area (Å²) in [6.45, 7) is 6.77. The van der Waals surface area contributed by atoms with Crippen LogP contribution in [0.1, 0.15) is 20.8 Å². The number of thiophene rings is 1. The number of aryl methyl sites for hydroxylation is 1. The largest absolute Gasteiger partial charge is 0.496 e. The molecule has 1 fully saturated rings. The fourth-order valence-electron chi connectivity index (χ4n) is 4.22. The van der Waals surface area contributed by atoms with Crippen molar-refractivity contribution in [3.63, 3.8) is 0 Å². The molecule has 2 aromatic carbocycles. The zero-order valence-electron chi connectivity index (χ0n) is 21.4. The fraction of sp³-hybridized carbons (Fsp3) is 0.310. The standard InChI is InChI=1S/C29H34N4O3S/c1-23-11-13-25(14-12-23)30-29(35)33-20-17-31(18-21-33)16-19-32(28(34)27-10-6-22-37-27)15-5-8-24-7-3-4-9-26(24)36-2/h3-14,22H,15-21H2,1-2H3,(H,30,35). The van der Waals surface area contributed by atoms with Gasteiger partial charge in [-0.1, -0.05) is 54.1 Å². The fourth-order valence-corrected chi connectivity index (χ4v) is 4.91. The summed E-state index contributed by atoms with van der Waals surface area (Å²) in [5, 5.41) is 4.91. The first-order valence-corrected chi connectivity index (χ1v) is 13.4.